The van der Waals surface area contributed by atoms with E-state index >= 15 is 0 Å². The lowest BCUT2D eigenvalue weighted by Gasteiger charge is -2.16. The zero-order valence-electron chi connectivity index (χ0n) is 18.5. The van der Waals surface area contributed by atoms with E-state index in [0.717, 1.165) is 23.2 Å². The van der Waals surface area contributed by atoms with Gasteiger partial charge in [-0.25, -0.2) is 4.68 Å². The van der Waals surface area contributed by atoms with E-state index in [9.17, 15) is 9.90 Å². The third kappa shape index (κ3) is 5.58. The summed E-state index contributed by atoms with van der Waals surface area (Å²) in [5.41, 5.74) is 3.97. The van der Waals surface area contributed by atoms with Gasteiger partial charge in [-0.3, -0.25) is 0 Å². The molecule has 0 atom stereocenters. The predicted molar refractivity (Wildman–Crippen MR) is 129 cm³/mol. The van der Waals surface area contributed by atoms with Crippen molar-refractivity contribution >= 4 is 29.2 Å². The predicted octanol–water partition coefficient (Wildman–Crippen LogP) is 4.73. The minimum atomic E-state index is -1.26. The number of carboxylic acid groups (broad SMARTS) is 1. The summed E-state index contributed by atoms with van der Waals surface area (Å²) in [6.45, 7) is 2.81. The maximum absolute atomic E-state index is 11.8. The minimum absolute atomic E-state index is 0.0827. The van der Waals surface area contributed by atoms with Crippen molar-refractivity contribution in [3.63, 3.8) is 0 Å². The Bertz CT molecular complexity index is 1310. The average molecular weight is 495 g/mol. The van der Waals surface area contributed by atoms with Gasteiger partial charge in [-0.1, -0.05) is 83.9 Å². The summed E-state index contributed by atoms with van der Waals surface area (Å²) >= 11 is 13.1. The molecule has 0 aliphatic rings. The molecule has 34 heavy (non-hydrogen) atoms. The minimum Gasteiger partial charge on any atom is -0.545 e. The van der Waals surface area contributed by atoms with Gasteiger partial charge >= 0.3 is 0 Å². The molecule has 6 nitrogen and oxygen atoms in total. The van der Waals surface area contributed by atoms with E-state index in [2.05, 4.69) is 10.3 Å². The Labute approximate surface area is 207 Å². The highest BCUT2D eigenvalue weighted by Gasteiger charge is 2.16. The van der Waals surface area contributed by atoms with Crippen LogP contribution in [0.3, 0.4) is 0 Å². The molecule has 0 N–H and O–H groups in total. The molecular weight excluding hydrogens is 473 g/mol. The number of nitrogens with zero attached hydrogens (tertiary/aromatic N) is 3. The molecule has 0 amide bonds. The highest BCUT2D eigenvalue weighted by atomic mass is 35.5. The van der Waals surface area contributed by atoms with Crippen molar-refractivity contribution in [3.05, 3.63) is 110 Å². The van der Waals surface area contributed by atoms with Crippen molar-refractivity contribution < 1.29 is 14.6 Å². The van der Waals surface area contributed by atoms with E-state index in [0.29, 0.717) is 40.1 Å². The number of rotatable bonds is 9. The first-order valence-electron chi connectivity index (χ1n) is 10.8. The summed E-state index contributed by atoms with van der Waals surface area (Å²) in [4.78, 5) is 11.8. The van der Waals surface area contributed by atoms with Crippen molar-refractivity contribution in [2.24, 2.45) is 0 Å². The Kier molecular flexibility index (Phi) is 7.50. The van der Waals surface area contributed by atoms with E-state index in [4.69, 9.17) is 27.9 Å². The standard InChI is InChI=1S/C26H23Cl2N3O3/c1-2-20-15-31(30-29-20)14-18-8-9-21(26(32)33)19(12-18)13-22-23(27)10-11-24(25(22)28)34-16-17-6-4-3-5-7-17/h3-12,15H,2,13-14,16H2,1H3,(H,32,33)/p-1. The van der Waals surface area contributed by atoms with Gasteiger partial charge in [0.2, 0.25) is 0 Å². The van der Waals surface area contributed by atoms with Crippen LogP contribution in [0.1, 0.15) is 45.2 Å². The number of aryl methyl sites for hydroxylation is 1. The largest absolute Gasteiger partial charge is 0.545 e. The highest BCUT2D eigenvalue weighted by molar-refractivity contribution is 6.37. The number of carbonyl (C=O) groups excluding carboxylic acids is 1. The lowest BCUT2D eigenvalue weighted by Crippen LogP contribution is -2.24. The average Bonchev–Trinajstić information content (AvgIpc) is 3.29. The van der Waals surface area contributed by atoms with E-state index in [1.807, 2.05) is 49.5 Å². The number of carboxylic acids is 1. The van der Waals surface area contributed by atoms with Gasteiger partial charge in [0.1, 0.15) is 12.4 Å². The van der Waals surface area contributed by atoms with Gasteiger partial charge < -0.3 is 14.6 Å². The third-order valence-electron chi connectivity index (χ3n) is 5.44. The zero-order valence-corrected chi connectivity index (χ0v) is 20.0. The molecule has 0 unspecified atom stereocenters. The smallest absolute Gasteiger partial charge is 0.138 e. The molecule has 4 aromatic rings. The van der Waals surface area contributed by atoms with Crippen LogP contribution >= 0.6 is 23.2 Å². The van der Waals surface area contributed by atoms with Crippen LogP contribution in [0.2, 0.25) is 10.0 Å². The number of aromatic carboxylic acids is 1. The number of benzene rings is 3. The first-order chi connectivity index (χ1) is 16.4. The summed E-state index contributed by atoms with van der Waals surface area (Å²) in [5, 5.41) is 20.8. The molecule has 1 heterocycles. The molecule has 0 aliphatic carbocycles. The van der Waals surface area contributed by atoms with Gasteiger partial charge in [0.05, 0.1) is 23.2 Å². The van der Waals surface area contributed by atoms with Crippen LogP contribution in [0.5, 0.6) is 5.75 Å². The topological polar surface area (TPSA) is 80.1 Å². The Balaban J connectivity index is 1.61. The molecule has 8 heteroatoms. The van der Waals surface area contributed by atoms with Crippen LogP contribution in [-0.4, -0.2) is 21.0 Å². The lowest BCUT2D eigenvalue weighted by molar-refractivity contribution is -0.255. The highest BCUT2D eigenvalue weighted by Crippen LogP contribution is 2.36. The van der Waals surface area contributed by atoms with Crippen molar-refractivity contribution in [2.75, 3.05) is 0 Å². The number of carbonyl (C=O) groups is 1. The fourth-order valence-corrected chi connectivity index (χ4v) is 4.19. The molecule has 0 aliphatic heterocycles. The van der Waals surface area contributed by atoms with E-state index in [1.54, 1.807) is 22.9 Å². The summed E-state index contributed by atoms with van der Waals surface area (Å²) in [6.07, 6.45) is 2.86. The molecule has 3 aromatic carbocycles. The van der Waals surface area contributed by atoms with Crippen LogP contribution < -0.4 is 9.84 Å². The van der Waals surface area contributed by atoms with Crippen LogP contribution in [0.25, 0.3) is 0 Å². The second-order valence-electron chi connectivity index (χ2n) is 7.83. The quantitative estimate of drug-likeness (QED) is 0.336. The number of halogens is 2. The van der Waals surface area contributed by atoms with Crippen LogP contribution in [0, 0.1) is 0 Å². The Morgan fingerprint density at radius 2 is 1.85 bits per heavy atom. The van der Waals surface area contributed by atoms with Crippen LogP contribution in [0.15, 0.2) is 66.9 Å². The Morgan fingerprint density at radius 3 is 2.56 bits per heavy atom. The van der Waals surface area contributed by atoms with Gasteiger partial charge in [-0.05, 0) is 40.8 Å². The van der Waals surface area contributed by atoms with Gasteiger partial charge in [-0.2, -0.15) is 0 Å². The number of hydrogen-bond donors (Lipinski definition) is 0. The molecule has 174 valence electrons. The molecule has 0 fully saturated rings. The lowest BCUT2D eigenvalue weighted by atomic mass is 9.97. The molecule has 1 aromatic heterocycles. The van der Waals surface area contributed by atoms with E-state index in [1.165, 1.54) is 6.07 Å². The second-order valence-corrected chi connectivity index (χ2v) is 8.61. The monoisotopic (exact) mass is 494 g/mol. The maximum Gasteiger partial charge on any atom is 0.138 e. The van der Waals surface area contributed by atoms with Crippen LogP contribution in [-0.2, 0) is 26.0 Å². The number of ether oxygens (including phenoxy) is 1. The number of aromatic nitrogens is 3. The summed E-state index contributed by atoms with van der Waals surface area (Å²) in [7, 11) is 0. The molecule has 0 spiro atoms. The van der Waals surface area contributed by atoms with Crippen molar-refractivity contribution in [1.82, 2.24) is 15.0 Å². The molecule has 0 bridgehead atoms. The first-order valence-corrected chi connectivity index (χ1v) is 11.6. The Morgan fingerprint density at radius 1 is 1.06 bits per heavy atom. The van der Waals surface area contributed by atoms with Crippen molar-refractivity contribution in [1.29, 1.82) is 0 Å². The molecule has 4 rings (SSSR count). The first kappa shape index (κ1) is 23.8. The summed E-state index contributed by atoms with van der Waals surface area (Å²) < 4.78 is 7.63. The summed E-state index contributed by atoms with van der Waals surface area (Å²) in [5.74, 6) is -0.787. The molecule has 0 saturated carbocycles. The normalized spacial score (nSPS) is 10.9. The second kappa shape index (κ2) is 10.7. The fraction of sp³-hybridized carbons (Fsp3) is 0.192. The molecule has 0 radical (unpaired) electrons. The fourth-order valence-electron chi connectivity index (χ4n) is 3.63. The van der Waals surface area contributed by atoms with Crippen molar-refractivity contribution in [2.45, 2.75) is 32.9 Å². The van der Waals surface area contributed by atoms with Gasteiger partial charge in [0.15, 0.2) is 0 Å². The van der Waals surface area contributed by atoms with Crippen LogP contribution in [0.4, 0.5) is 0 Å². The van der Waals surface area contributed by atoms with Gasteiger partial charge in [0.25, 0.3) is 0 Å². The third-order valence-corrected chi connectivity index (χ3v) is 6.21. The SMILES string of the molecule is CCc1cn(Cc2ccc(C(=O)[O-])c(Cc3c(Cl)ccc(OCc4ccccc4)c3Cl)c2)nn1. The molecule has 0 saturated heterocycles. The summed E-state index contributed by atoms with van der Waals surface area (Å²) in [6, 6.07) is 18.2. The van der Waals surface area contributed by atoms with E-state index < -0.39 is 5.97 Å². The van der Waals surface area contributed by atoms with Gasteiger partial charge in [0, 0.05) is 23.2 Å². The zero-order chi connectivity index (χ0) is 24.1. The number of hydrogen-bond acceptors (Lipinski definition) is 5. The van der Waals surface area contributed by atoms with Gasteiger partial charge in [-0.15, -0.1) is 5.10 Å². The van der Waals surface area contributed by atoms with Crippen molar-refractivity contribution in [3.8, 4) is 5.75 Å². The molecular formula is C26H22Cl2N3O3-. The van der Waals surface area contributed by atoms with E-state index in [-0.39, 0.29) is 12.0 Å². The maximum atomic E-state index is 11.8. The Hall–Kier alpha value is -3.35.